The SMILES string of the molecule is COC(=O)C(N)CCN(C)CC1CC1C. The van der Waals surface area contributed by atoms with Crippen LogP contribution in [0.3, 0.4) is 0 Å². The van der Waals surface area contributed by atoms with Crippen molar-refractivity contribution in [3.05, 3.63) is 0 Å². The van der Waals surface area contributed by atoms with Crippen molar-refractivity contribution in [2.45, 2.75) is 25.8 Å². The van der Waals surface area contributed by atoms with Crippen LogP contribution in [0.15, 0.2) is 0 Å². The van der Waals surface area contributed by atoms with Gasteiger partial charge in [0.15, 0.2) is 0 Å². The molecule has 1 saturated carbocycles. The van der Waals surface area contributed by atoms with Gasteiger partial charge in [0.05, 0.1) is 7.11 Å². The predicted octanol–water partition coefficient (Wildman–Crippen LogP) is 0.465. The molecule has 4 heteroatoms. The summed E-state index contributed by atoms with van der Waals surface area (Å²) < 4.78 is 4.57. The van der Waals surface area contributed by atoms with Gasteiger partial charge in [0.25, 0.3) is 0 Å². The molecule has 0 heterocycles. The van der Waals surface area contributed by atoms with Gasteiger partial charge in [0.1, 0.15) is 6.04 Å². The number of rotatable bonds is 6. The van der Waals surface area contributed by atoms with Gasteiger partial charge in [-0.3, -0.25) is 4.79 Å². The lowest BCUT2D eigenvalue weighted by Crippen LogP contribution is -2.35. The van der Waals surface area contributed by atoms with Crippen molar-refractivity contribution in [3.8, 4) is 0 Å². The number of ether oxygens (including phenoxy) is 1. The van der Waals surface area contributed by atoms with E-state index >= 15 is 0 Å². The fourth-order valence-corrected chi connectivity index (χ4v) is 1.77. The first kappa shape index (κ1) is 12.5. The minimum absolute atomic E-state index is 0.316. The van der Waals surface area contributed by atoms with Gasteiger partial charge in [-0.25, -0.2) is 0 Å². The highest BCUT2D eigenvalue weighted by Crippen LogP contribution is 2.37. The fraction of sp³-hybridized carbons (Fsp3) is 0.909. The molecule has 1 fully saturated rings. The summed E-state index contributed by atoms with van der Waals surface area (Å²) in [4.78, 5) is 13.3. The number of nitrogens with two attached hydrogens (primary N) is 1. The second-order valence-corrected chi connectivity index (χ2v) is 4.65. The summed E-state index contributed by atoms with van der Waals surface area (Å²) >= 11 is 0. The van der Waals surface area contributed by atoms with E-state index in [9.17, 15) is 4.79 Å². The van der Waals surface area contributed by atoms with E-state index in [0.29, 0.717) is 6.42 Å². The summed E-state index contributed by atoms with van der Waals surface area (Å²) in [6, 6.07) is -0.478. The van der Waals surface area contributed by atoms with E-state index in [4.69, 9.17) is 5.73 Å². The Labute approximate surface area is 91.8 Å². The summed E-state index contributed by atoms with van der Waals surface area (Å²) in [5, 5.41) is 0. The van der Waals surface area contributed by atoms with Crippen LogP contribution >= 0.6 is 0 Å². The molecule has 3 atom stereocenters. The topological polar surface area (TPSA) is 55.6 Å². The second kappa shape index (κ2) is 5.47. The summed E-state index contributed by atoms with van der Waals surface area (Å²) in [7, 11) is 3.45. The van der Waals surface area contributed by atoms with Gasteiger partial charge in [-0.2, -0.15) is 0 Å². The third kappa shape index (κ3) is 4.18. The second-order valence-electron chi connectivity index (χ2n) is 4.65. The molecule has 3 unspecified atom stereocenters. The van der Waals surface area contributed by atoms with E-state index in [1.165, 1.54) is 13.5 Å². The number of carbonyl (C=O) groups excluding carboxylic acids is 1. The molecule has 0 aliphatic heterocycles. The van der Waals surface area contributed by atoms with E-state index in [2.05, 4.69) is 23.6 Å². The van der Waals surface area contributed by atoms with Crippen molar-refractivity contribution in [2.24, 2.45) is 17.6 Å². The molecule has 0 amide bonds. The zero-order chi connectivity index (χ0) is 11.4. The standard InChI is InChI=1S/C11H22N2O2/c1-8-6-9(8)7-13(2)5-4-10(12)11(14)15-3/h8-10H,4-7,12H2,1-3H3. The highest BCUT2D eigenvalue weighted by molar-refractivity contribution is 5.75. The number of hydrogen-bond acceptors (Lipinski definition) is 4. The van der Waals surface area contributed by atoms with Crippen LogP contribution in [0.5, 0.6) is 0 Å². The highest BCUT2D eigenvalue weighted by Gasteiger charge is 2.33. The van der Waals surface area contributed by atoms with Gasteiger partial charge in [-0.15, -0.1) is 0 Å². The molecule has 0 aromatic heterocycles. The molecule has 4 nitrogen and oxygen atoms in total. The molecular formula is C11H22N2O2. The van der Waals surface area contributed by atoms with Crippen molar-refractivity contribution in [2.75, 3.05) is 27.2 Å². The van der Waals surface area contributed by atoms with Crippen molar-refractivity contribution in [1.82, 2.24) is 4.90 Å². The largest absolute Gasteiger partial charge is 0.468 e. The van der Waals surface area contributed by atoms with Crippen LogP contribution in [0, 0.1) is 11.8 Å². The van der Waals surface area contributed by atoms with Crippen LogP contribution in [0.4, 0.5) is 0 Å². The monoisotopic (exact) mass is 214 g/mol. The first-order chi connectivity index (χ1) is 7.04. The summed E-state index contributed by atoms with van der Waals surface area (Å²) in [5.41, 5.74) is 5.65. The van der Waals surface area contributed by atoms with Gasteiger partial charge in [0.2, 0.25) is 0 Å². The van der Waals surface area contributed by atoms with Crippen LogP contribution in [0.1, 0.15) is 19.8 Å². The first-order valence-electron chi connectivity index (χ1n) is 5.56. The summed E-state index contributed by atoms with van der Waals surface area (Å²) in [5.74, 6) is 1.41. The molecule has 0 radical (unpaired) electrons. The van der Waals surface area contributed by atoms with Crippen LogP contribution in [0.25, 0.3) is 0 Å². The number of methoxy groups -OCH3 is 1. The Kier molecular flexibility index (Phi) is 4.54. The minimum Gasteiger partial charge on any atom is -0.468 e. The van der Waals surface area contributed by atoms with Crippen molar-refractivity contribution in [3.63, 3.8) is 0 Å². The molecule has 88 valence electrons. The Hall–Kier alpha value is -0.610. The quantitative estimate of drug-likeness (QED) is 0.653. The Morgan fingerprint density at radius 2 is 2.27 bits per heavy atom. The highest BCUT2D eigenvalue weighted by atomic mass is 16.5. The van der Waals surface area contributed by atoms with Gasteiger partial charge in [-0.1, -0.05) is 6.92 Å². The maximum Gasteiger partial charge on any atom is 0.322 e. The van der Waals surface area contributed by atoms with Crippen LogP contribution in [-0.4, -0.2) is 44.2 Å². The fourth-order valence-electron chi connectivity index (χ4n) is 1.77. The van der Waals surface area contributed by atoms with Crippen LogP contribution in [0.2, 0.25) is 0 Å². The predicted molar refractivity (Wildman–Crippen MR) is 59.4 cm³/mol. The van der Waals surface area contributed by atoms with E-state index < -0.39 is 6.04 Å². The van der Waals surface area contributed by atoms with Crippen LogP contribution < -0.4 is 5.73 Å². The Morgan fingerprint density at radius 1 is 1.67 bits per heavy atom. The molecule has 1 rings (SSSR count). The number of hydrogen-bond donors (Lipinski definition) is 1. The maximum atomic E-state index is 11.0. The van der Waals surface area contributed by atoms with Crippen molar-refractivity contribution < 1.29 is 9.53 Å². The molecule has 0 aromatic rings. The van der Waals surface area contributed by atoms with Gasteiger partial charge in [-0.05, 0) is 38.3 Å². The van der Waals surface area contributed by atoms with Gasteiger partial charge < -0.3 is 15.4 Å². The third-order valence-corrected chi connectivity index (χ3v) is 3.15. The molecule has 1 aliphatic carbocycles. The van der Waals surface area contributed by atoms with Crippen LogP contribution in [-0.2, 0) is 9.53 Å². The Morgan fingerprint density at radius 3 is 2.73 bits per heavy atom. The lowest BCUT2D eigenvalue weighted by molar-refractivity contribution is -0.142. The van der Waals surface area contributed by atoms with Crippen molar-refractivity contribution in [1.29, 1.82) is 0 Å². The van der Waals surface area contributed by atoms with E-state index in [1.807, 2.05) is 0 Å². The zero-order valence-corrected chi connectivity index (χ0v) is 9.90. The van der Waals surface area contributed by atoms with E-state index in [0.717, 1.165) is 24.9 Å². The number of esters is 1. The molecule has 0 spiro atoms. The minimum atomic E-state index is -0.478. The van der Waals surface area contributed by atoms with Gasteiger partial charge >= 0.3 is 5.97 Å². The molecule has 15 heavy (non-hydrogen) atoms. The number of nitrogens with zero attached hydrogens (tertiary/aromatic N) is 1. The molecule has 1 aliphatic rings. The summed E-state index contributed by atoms with van der Waals surface area (Å²) in [6.45, 7) is 4.26. The van der Waals surface area contributed by atoms with Crippen molar-refractivity contribution >= 4 is 5.97 Å². The average Bonchev–Trinajstić information content (AvgIpc) is 2.89. The normalized spacial score (nSPS) is 26.5. The maximum absolute atomic E-state index is 11.0. The molecular weight excluding hydrogens is 192 g/mol. The molecule has 0 bridgehead atoms. The summed E-state index contributed by atoms with van der Waals surface area (Å²) in [6.07, 6.45) is 2.01. The molecule has 0 aromatic carbocycles. The van der Waals surface area contributed by atoms with E-state index in [1.54, 1.807) is 0 Å². The first-order valence-corrected chi connectivity index (χ1v) is 5.56. The molecule has 2 N–H and O–H groups in total. The molecule has 0 saturated heterocycles. The van der Waals surface area contributed by atoms with E-state index in [-0.39, 0.29) is 5.97 Å². The zero-order valence-electron chi connectivity index (χ0n) is 9.90. The lowest BCUT2D eigenvalue weighted by atomic mass is 10.2. The lowest BCUT2D eigenvalue weighted by Gasteiger charge is -2.18. The average molecular weight is 214 g/mol. The Bertz CT molecular complexity index is 221. The number of carbonyl (C=O) groups is 1. The smallest absolute Gasteiger partial charge is 0.322 e. The Balaban J connectivity index is 2.10. The third-order valence-electron chi connectivity index (χ3n) is 3.15. The van der Waals surface area contributed by atoms with Gasteiger partial charge in [0, 0.05) is 6.54 Å².